The lowest BCUT2D eigenvalue weighted by Gasteiger charge is -2.18. The summed E-state index contributed by atoms with van der Waals surface area (Å²) in [6.45, 7) is 3.32. The van der Waals surface area contributed by atoms with Gasteiger partial charge in [0.05, 0.1) is 5.56 Å². The highest BCUT2D eigenvalue weighted by atomic mass is 35.5. The Bertz CT molecular complexity index is 482. The molecule has 0 aliphatic carbocycles. The van der Waals surface area contributed by atoms with Crippen LogP contribution in [0.1, 0.15) is 10.4 Å². The highest BCUT2D eigenvalue weighted by Crippen LogP contribution is 2.28. The van der Waals surface area contributed by atoms with Gasteiger partial charge in [0.2, 0.25) is 0 Å². The van der Waals surface area contributed by atoms with Crippen LogP contribution in [0.2, 0.25) is 5.02 Å². The molecule has 0 aromatic heterocycles. The van der Waals surface area contributed by atoms with Crippen molar-refractivity contribution in [3.63, 3.8) is 0 Å². The molecule has 0 unspecified atom stereocenters. The van der Waals surface area contributed by atoms with Crippen molar-refractivity contribution in [2.45, 2.75) is 0 Å². The summed E-state index contributed by atoms with van der Waals surface area (Å²) in [6.07, 6.45) is 0. The number of rotatable bonds is 1. The van der Waals surface area contributed by atoms with Gasteiger partial charge >= 0.3 is 0 Å². The molecule has 3 nitrogen and oxygen atoms in total. The smallest absolute Gasteiger partial charge is 0.256 e. The van der Waals surface area contributed by atoms with Gasteiger partial charge in [-0.2, -0.15) is 0 Å². The van der Waals surface area contributed by atoms with Crippen molar-refractivity contribution in [2.75, 3.05) is 26.2 Å². The molecule has 2 saturated heterocycles. The van der Waals surface area contributed by atoms with Crippen molar-refractivity contribution < 1.29 is 9.18 Å². The Morgan fingerprint density at radius 2 is 2.00 bits per heavy atom. The topological polar surface area (TPSA) is 32.3 Å². The molecule has 2 aliphatic heterocycles. The molecule has 2 atom stereocenters. The van der Waals surface area contributed by atoms with E-state index < -0.39 is 5.82 Å². The Hall–Kier alpha value is -1.13. The zero-order valence-corrected chi connectivity index (χ0v) is 10.6. The van der Waals surface area contributed by atoms with Crippen molar-refractivity contribution in [1.29, 1.82) is 0 Å². The van der Waals surface area contributed by atoms with Crippen LogP contribution >= 0.6 is 11.6 Å². The highest BCUT2D eigenvalue weighted by molar-refractivity contribution is 6.31. The molecule has 0 saturated carbocycles. The lowest BCUT2D eigenvalue weighted by Crippen LogP contribution is -2.32. The zero-order chi connectivity index (χ0) is 12.7. The number of likely N-dealkylation sites (tertiary alicyclic amines) is 1. The summed E-state index contributed by atoms with van der Waals surface area (Å²) in [5.41, 5.74) is 0.0791. The number of nitrogens with one attached hydrogen (secondary N) is 1. The minimum absolute atomic E-state index is 0.0791. The largest absolute Gasteiger partial charge is 0.338 e. The molecule has 18 heavy (non-hydrogen) atoms. The van der Waals surface area contributed by atoms with Crippen LogP contribution in [0, 0.1) is 17.7 Å². The van der Waals surface area contributed by atoms with Gasteiger partial charge in [0.25, 0.3) is 5.91 Å². The highest BCUT2D eigenvalue weighted by Gasteiger charge is 2.38. The Kier molecular flexibility index (Phi) is 2.99. The predicted octanol–water partition coefficient (Wildman–Crippen LogP) is 1.77. The molecular weight excluding hydrogens is 255 g/mol. The van der Waals surface area contributed by atoms with Gasteiger partial charge in [-0.3, -0.25) is 4.79 Å². The molecule has 2 heterocycles. The number of fused-ring (bicyclic) bond motifs is 1. The normalized spacial score (nSPS) is 26.4. The first kappa shape index (κ1) is 11.9. The maximum atomic E-state index is 13.6. The van der Waals surface area contributed by atoms with E-state index in [2.05, 4.69) is 5.32 Å². The minimum Gasteiger partial charge on any atom is -0.338 e. The number of benzene rings is 1. The average molecular weight is 269 g/mol. The van der Waals surface area contributed by atoms with Crippen molar-refractivity contribution in [2.24, 2.45) is 11.8 Å². The maximum absolute atomic E-state index is 13.6. The third-order valence-corrected chi connectivity index (χ3v) is 4.07. The fourth-order valence-electron chi connectivity index (χ4n) is 2.85. The van der Waals surface area contributed by atoms with Gasteiger partial charge < -0.3 is 10.2 Å². The number of carbonyl (C=O) groups is 1. The van der Waals surface area contributed by atoms with E-state index >= 15 is 0 Å². The van der Waals surface area contributed by atoms with Crippen LogP contribution in [-0.4, -0.2) is 37.0 Å². The second-order valence-corrected chi connectivity index (χ2v) is 5.45. The van der Waals surface area contributed by atoms with E-state index in [0.717, 1.165) is 13.1 Å². The molecule has 1 aromatic carbocycles. The summed E-state index contributed by atoms with van der Waals surface area (Å²) in [6, 6.07) is 4.11. The van der Waals surface area contributed by atoms with Crippen LogP contribution < -0.4 is 5.32 Å². The number of nitrogens with zero attached hydrogens (tertiary/aromatic N) is 1. The number of hydrogen-bond acceptors (Lipinski definition) is 2. The fraction of sp³-hybridized carbons (Fsp3) is 0.462. The van der Waals surface area contributed by atoms with Crippen LogP contribution in [0.3, 0.4) is 0 Å². The molecule has 1 amide bonds. The summed E-state index contributed by atoms with van der Waals surface area (Å²) < 4.78 is 13.6. The van der Waals surface area contributed by atoms with Gasteiger partial charge in [0.1, 0.15) is 5.82 Å². The van der Waals surface area contributed by atoms with Crippen LogP contribution in [0.5, 0.6) is 0 Å². The average Bonchev–Trinajstić information content (AvgIpc) is 2.91. The summed E-state index contributed by atoms with van der Waals surface area (Å²) >= 11 is 5.82. The first-order valence-corrected chi connectivity index (χ1v) is 6.48. The molecule has 0 bridgehead atoms. The first-order chi connectivity index (χ1) is 8.65. The predicted molar refractivity (Wildman–Crippen MR) is 67.2 cm³/mol. The third-order valence-electron chi connectivity index (χ3n) is 3.84. The second-order valence-electron chi connectivity index (χ2n) is 5.01. The van der Waals surface area contributed by atoms with E-state index in [9.17, 15) is 9.18 Å². The monoisotopic (exact) mass is 268 g/mol. The zero-order valence-electron chi connectivity index (χ0n) is 9.83. The quantitative estimate of drug-likeness (QED) is 0.842. The minimum atomic E-state index is -0.500. The van der Waals surface area contributed by atoms with Crippen LogP contribution in [0.4, 0.5) is 4.39 Å². The Balaban J connectivity index is 1.81. The van der Waals surface area contributed by atoms with Gasteiger partial charge in [-0.15, -0.1) is 0 Å². The van der Waals surface area contributed by atoms with E-state index in [1.165, 1.54) is 18.2 Å². The first-order valence-electron chi connectivity index (χ1n) is 6.10. The lowest BCUT2D eigenvalue weighted by atomic mass is 10.0. The molecule has 1 aromatic rings. The summed E-state index contributed by atoms with van der Waals surface area (Å²) in [5, 5.41) is 3.70. The number of hydrogen-bond donors (Lipinski definition) is 1. The van der Waals surface area contributed by atoms with Crippen molar-refractivity contribution in [3.05, 3.63) is 34.6 Å². The molecular formula is C13H14ClFN2O. The summed E-state index contributed by atoms with van der Waals surface area (Å²) in [4.78, 5) is 14.0. The van der Waals surface area contributed by atoms with E-state index in [4.69, 9.17) is 11.6 Å². The van der Waals surface area contributed by atoms with Gasteiger partial charge in [0, 0.05) is 31.2 Å². The molecule has 3 rings (SSSR count). The fourth-order valence-corrected chi connectivity index (χ4v) is 3.03. The van der Waals surface area contributed by atoms with E-state index in [1.54, 1.807) is 4.90 Å². The van der Waals surface area contributed by atoms with Crippen LogP contribution in [-0.2, 0) is 0 Å². The molecule has 2 aliphatic rings. The maximum Gasteiger partial charge on any atom is 0.256 e. The van der Waals surface area contributed by atoms with Crippen molar-refractivity contribution in [3.8, 4) is 0 Å². The third kappa shape index (κ3) is 1.99. The van der Waals surface area contributed by atoms with E-state index in [1.807, 2.05) is 0 Å². The number of halogens is 2. The number of amides is 1. The van der Waals surface area contributed by atoms with Gasteiger partial charge in [-0.1, -0.05) is 11.6 Å². The Morgan fingerprint density at radius 1 is 1.33 bits per heavy atom. The van der Waals surface area contributed by atoms with Crippen molar-refractivity contribution in [1.82, 2.24) is 10.2 Å². The molecule has 5 heteroatoms. The van der Waals surface area contributed by atoms with Gasteiger partial charge in [-0.25, -0.2) is 4.39 Å². The summed E-state index contributed by atoms with van der Waals surface area (Å²) in [7, 11) is 0. The lowest BCUT2D eigenvalue weighted by molar-refractivity contribution is 0.0777. The van der Waals surface area contributed by atoms with Crippen LogP contribution in [0.15, 0.2) is 18.2 Å². The molecule has 96 valence electrons. The SMILES string of the molecule is O=C(c1cc(Cl)ccc1F)N1C[C@H]2CNC[C@H]2C1. The molecule has 2 fully saturated rings. The molecule has 0 spiro atoms. The second kappa shape index (κ2) is 4.52. The van der Waals surface area contributed by atoms with Crippen molar-refractivity contribution >= 4 is 17.5 Å². The Labute approximate surface area is 110 Å². The van der Waals surface area contributed by atoms with Gasteiger partial charge in [-0.05, 0) is 30.0 Å². The summed E-state index contributed by atoms with van der Waals surface area (Å²) in [5.74, 6) is 0.274. The van der Waals surface area contributed by atoms with E-state index in [-0.39, 0.29) is 11.5 Å². The standard InChI is InChI=1S/C13H14ClFN2O/c14-10-1-2-12(15)11(3-10)13(18)17-6-8-4-16-5-9(8)7-17/h1-3,8-9,16H,4-7H2/t8-,9+. The van der Waals surface area contributed by atoms with E-state index in [0.29, 0.717) is 29.9 Å². The molecule has 0 radical (unpaired) electrons. The number of carbonyl (C=O) groups excluding carboxylic acids is 1. The molecule has 1 N–H and O–H groups in total. The van der Waals surface area contributed by atoms with Crippen LogP contribution in [0.25, 0.3) is 0 Å². The Morgan fingerprint density at radius 3 is 2.67 bits per heavy atom. The van der Waals surface area contributed by atoms with Gasteiger partial charge in [0.15, 0.2) is 0 Å².